The van der Waals surface area contributed by atoms with Crippen molar-refractivity contribution in [3.05, 3.63) is 89.0 Å². The van der Waals surface area contributed by atoms with Crippen LogP contribution in [0.2, 0.25) is 0 Å². The number of nitrogens with one attached hydrogen (secondary N) is 1. The third-order valence-corrected chi connectivity index (χ3v) is 4.58. The number of nitrogens with two attached hydrogens (primary N) is 1. The third-order valence-electron chi connectivity index (χ3n) is 4.58. The van der Waals surface area contributed by atoms with Crippen molar-refractivity contribution in [2.24, 2.45) is 0 Å². The second-order valence-electron chi connectivity index (χ2n) is 6.62. The molecule has 1 aliphatic rings. The molecule has 28 heavy (non-hydrogen) atoms. The van der Waals surface area contributed by atoms with Gasteiger partial charge in [0.1, 0.15) is 0 Å². The van der Waals surface area contributed by atoms with Crippen LogP contribution in [0.15, 0.2) is 66.7 Å². The molecular formula is C22H17N3O3. The lowest BCUT2D eigenvalue weighted by Gasteiger charge is -2.14. The minimum absolute atomic E-state index is 0.265. The van der Waals surface area contributed by atoms with Gasteiger partial charge in [0, 0.05) is 16.9 Å². The summed E-state index contributed by atoms with van der Waals surface area (Å²) in [5.41, 5.74) is 9.14. The molecule has 1 heterocycles. The maximum Gasteiger partial charge on any atom is 0.266 e. The topological polar surface area (TPSA) is 92.5 Å². The average Bonchev–Trinajstić information content (AvgIpc) is 2.92. The molecule has 0 aliphatic carbocycles. The van der Waals surface area contributed by atoms with Crippen LogP contribution < -0.4 is 16.0 Å². The summed E-state index contributed by atoms with van der Waals surface area (Å²) in [5.74, 6) is -1.11. The average molecular weight is 371 g/mol. The number of aryl methyl sites for hydroxylation is 1. The minimum atomic E-state index is -0.408. The molecule has 0 fully saturated rings. The van der Waals surface area contributed by atoms with Crippen molar-refractivity contribution in [2.45, 2.75) is 6.92 Å². The molecule has 3 amide bonds. The highest BCUT2D eigenvalue weighted by Gasteiger charge is 2.36. The number of benzene rings is 3. The van der Waals surface area contributed by atoms with Crippen LogP contribution in [0.4, 0.5) is 17.1 Å². The van der Waals surface area contributed by atoms with Crippen LogP contribution in [-0.2, 0) is 0 Å². The molecule has 4 rings (SSSR count). The number of anilines is 3. The van der Waals surface area contributed by atoms with Crippen molar-refractivity contribution in [1.82, 2.24) is 0 Å². The van der Waals surface area contributed by atoms with E-state index in [-0.39, 0.29) is 17.4 Å². The van der Waals surface area contributed by atoms with Crippen LogP contribution in [0, 0.1) is 6.92 Å². The van der Waals surface area contributed by atoms with Crippen LogP contribution in [0.25, 0.3) is 0 Å². The zero-order valence-corrected chi connectivity index (χ0v) is 15.1. The fraction of sp³-hybridized carbons (Fsp3) is 0.0455. The summed E-state index contributed by atoms with van der Waals surface area (Å²) in [5, 5.41) is 2.74. The maximum atomic E-state index is 12.8. The van der Waals surface area contributed by atoms with Gasteiger partial charge in [-0.1, -0.05) is 12.1 Å². The molecule has 1 aliphatic heterocycles. The van der Waals surface area contributed by atoms with Gasteiger partial charge in [0.05, 0.1) is 16.8 Å². The molecule has 6 nitrogen and oxygen atoms in total. The summed E-state index contributed by atoms with van der Waals surface area (Å²) in [6.45, 7) is 1.90. The molecule has 6 heteroatoms. The van der Waals surface area contributed by atoms with E-state index in [2.05, 4.69) is 5.32 Å². The number of nitrogen functional groups attached to an aromatic ring is 1. The van der Waals surface area contributed by atoms with E-state index in [0.29, 0.717) is 28.2 Å². The highest BCUT2D eigenvalue weighted by atomic mass is 16.2. The van der Waals surface area contributed by atoms with Crippen LogP contribution >= 0.6 is 0 Å². The standard InChI is InChI=1S/C22H17N3O3/c1-13-3-2-4-17(11-13)25-21(27)18-10-9-16(12-19(18)22(25)28)24-20(26)14-5-7-15(23)8-6-14/h2-12H,23H2,1H3,(H,24,26). The first-order valence-electron chi connectivity index (χ1n) is 8.70. The monoisotopic (exact) mass is 371 g/mol. The molecule has 0 unspecified atom stereocenters. The quantitative estimate of drug-likeness (QED) is 0.543. The van der Waals surface area contributed by atoms with E-state index >= 15 is 0 Å². The Morgan fingerprint density at radius 2 is 1.61 bits per heavy atom. The Balaban J connectivity index is 1.62. The van der Waals surface area contributed by atoms with Crippen molar-refractivity contribution in [1.29, 1.82) is 0 Å². The Morgan fingerprint density at radius 3 is 2.32 bits per heavy atom. The van der Waals surface area contributed by atoms with Gasteiger partial charge in [-0.05, 0) is 67.1 Å². The SMILES string of the molecule is Cc1cccc(N2C(=O)c3ccc(NC(=O)c4ccc(N)cc4)cc3C2=O)c1. The smallest absolute Gasteiger partial charge is 0.266 e. The first-order valence-corrected chi connectivity index (χ1v) is 8.70. The Labute approximate surface area is 161 Å². The molecule has 138 valence electrons. The number of nitrogens with zero attached hydrogens (tertiary/aromatic N) is 1. The van der Waals surface area contributed by atoms with Crippen LogP contribution in [0.1, 0.15) is 36.6 Å². The Morgan fingerprint density at radius 1 is 0.893 bits per heavy atom. The number of amides is 3. The van der Waals surface area contributed by atoms with Crippen molar-refractivity contribution in [3.8, 4) is 0 Å². The van der Waals surface area contributed by atoms with Crippen molar-refractivity contribution >= 4 is 34.8 Å². The minimum Gasteiger partial charge on any atom is -0.399 e. The summed E-state index contributed by atoms with van der Waals surface area (Å²) in [4.78, 5) is 39.1. The summed E-state index contributed by atoms with van der Waals surface area (Å²) >= 11 is 0. The van der Waals surface area contributed by atoms with Gasteiger partial charge in [-0.2, -0.15) is 0 Å². The zero-order valence-electron chi connectivity index (χ0n) is 15.1. The molecule has 0 aromatic heterocycles. The van der Waals surface area contributed by atoms with E-state index in [1.165, 1.54) is 6.07 Å². The van der Waals surface area contributed by atoms with Gasteiger partial charge in [0.25, 0.3) is 17.7 Å². The fourth-order valence-corrected chi connectivity index (χ4v) is 3.16. The van der Waals surface area contributed by atoms with Gasteiger partial charge >= 0.3 is 0 Å². The van der Waals surface area contributed by atoms with E-state index in [1.54, 1.807) is 54.6 Å². The number of fused-ring (bicyclic) bond motifs is 1. The van der Waals surface area contributed by atoms with E-state index in [1.807, 2.05) is 13.0 Å². The predicted octanol–water partition coefficient (Wildman–Crippen LogP) is 3.63. The largest absolute Gasteiger partial charge is 0.399 e. The van der Waals surface area contributed by atoms with Gasteiger partial charge in [-0.3, -0.25) is 14.4 Å². The van der Waals surface area contributed by atoms with Crippen LogP contribution in [0.5, 0.6) is 0 Å². The molecule has 0 radical (unpaired) electrons. The normalized spacial score (nSPS) is 12.8. The second-order valence-corrected chi connectivity index (χ2v) is 6.62. The number of imide groups is 1. The summed E-state index contributed by atoms with van der Waals surface area (Å²) < 4.78 is 0. The molecule has 0 atom stereocenters. The number of hydrogen-bond acceptors (Lipinski definition) is 4. The first kappa shape index (κ1) is 17.5. The lowest BCUT2D eigenvalue weighted by molar-refractivity contribution is 0.0924. The molecule has 0 spiro atoms. The fourth-order valence-electron chi connectivity index (χ4n) is 3.16. The molecule has 0 bridgehead atoms. The van der Waals surface area contributed by atoms with E-state index in [4.69, 9.17) is 5.73 Å². The van der Waals surface area contributed by atoms with Gasteiger partial charge < -0.3 is 11.1 Å². The predicted molar refractivity (Wildman–Crippen MR) is 108 cm³/mol. The zero-order chi connectivity index (χ0) is 19.8. The van der Waals surface area contributed by atoms with Gasteiger partial charge in [-0.25, -0.2) is 4.90 Å². The third kappa shape index (κ3) is 3.01. The molecule has 3 aromatic carbocycles. The molecule has 3 N–H and O–H groups in total. The van der Waals surface area contributed by atoms with Crippen molar-refractivity contribution < 1.29 is 14.4 Å². The van der Waals surface area contributed by atoms with Gasteiger partial charge in [0.15, 0.2) is 0 Å². The van der Waals surface area contributed by atoms with E-state index in [0.717, 1.165) is 10.5 Å². The number of hydrogen-bond donors (Lipinski definition) is 2. The molecule has 3 aromatic rings. The Kier molecular flexibility index (Phi) is 4.16. The maximum absolute atomic E-state index is 12.8. The summed E-state index contributed by atoms with van der Waals surface area (Å²) in [6, 6.07) is 18.4. The highest BCUT2D eigenvalue weighted by molar-refractivity contribution is 6.34. The number of carbonyl (C=O) groups is 3. The van der Waals surface area contributed by atoms with Gasteiger partial charge in [-0.15, -0.1) is 0 Å². The van der Waals surface area contributed by atoms with Crippen LogP contribution in [0.3, 0.4) is 0 Å². The lowest BCUT2D eigenvalue weighted by atomic mass is 10.1. The highest BCUT2D eigenvalue weighted by Crippen LogP contribution is 2.30. The molecular weight excluding hydrogens is 354 g/mol. The van der Waals surface area contributed by atoms with Gasteiger partial charge in [0.2, 0.25) is 0 Å². The summed E-state index contributed by atoms with van der Waals surface area (Å²) in [7, 11) is 0. The van der Waals surface area contributed by atoms with Crippen molar-refractivity contribution in [3.63, 3.8) is 0 Å². The number of carbonyl (C=O) groups excluding carboxylic acids is 3. The first-order chi connectivity index (χ1) is 13.4. The van der Waals surface area contributed by atoms with Crippen LogP contribution in [-0.4, -0.2) is 17.7 Å². The molecule has 0 saturated heterocycles. The lowest BCUT2D eigenvalue weighted by Crippen LogP contribution is -2.29. The molecule has 0 saturated carbocycles. The Bertz CT molecular complexity index is 1120. The van der Waals surface area contributed by atoms with E-state index in [9.17, 15) is 14.4 Å². The Hall–Kier alpha value is -3.93. The van der Waals surface area contributed by atoms with Crippen molar-refractivity contribution in [2.75, 3.05) is 16.0 Å². The van der Waals surface area contributed by atoms with E-state index < -0.39 is 5.91 Å². The second kappa shape index (κ2) is 6.66. The number of rotatable bonds is 3. The summed E-state index contributed by atoms with van der Waals surface area (Å²) in [6.07, 6.45) is 0.